The van der Waals surface area contributed by atoms with E-state index >= 15 is 0 Å². The van der Waals surface area contributed by atoms with Gasteiger partial charge in [0.1, 0.15) is 0 Å². The minimum absolute atomic E-state index is 0.0590. The summed E-state index contributed by atoms with van der Waals surface area (Å²) in [7, 11) is 3.50. The molecule has 1 fully saturated rings. The minimum atomic E-state index is -0.662. The van der Waals surface area contributed by atoms with Gasteiger partial charge in [0.25, 0.3) is 0 Å². The molecule has 0 aliphatic carbocycles. The average Bonchev–Trinajstić information content (AvgIpc) is 2.04. The first-order valence-electron chi connectivity index (χ1n) is 3.77. The van der Waals surface area contributed by atoms with E-state index in [1.165, 1.54) is 0 Å². The Morgan fingerprint density at radius 3 is 2.91 bits per heavy atom. The Kier molecular flexibility index (Phi) is 3.26. The van der Waals surface area contributed by atoms with Gasteiger partial charge < -0.3 is 19.9 Å². The summed E-state index contributed by atoms with van der Waals surface area (Å²) in [6.07, 6.45) is -0.0598. The topological polar surface area (TPSA) is 50.7 Å². The molecule has 0 spiro atoms. The monoisotopic (exact) mass is 161 g/mol. The van der Waals surface area contributed by atoms with Crippen molar-refractivity contribution >= 4 is 0 Å². The summed E-state index contributed by atoms with van der Waals surface area (Å²) in [5, 5.41) is 12.2. The smallest absolute Gasteiger partial charge is 0.157 e. The maximum atomic E-state index is 9.09. The highest BCUT2D eigenvalue weighted by molar-refractivity contribution is 4.79. The van der Waals surface area contributed by atoms with Crippen molar-refractivity contribution in [1.82, 2.24) is 5.32 Å². The molecule has 1 rings (SSSR count). The molecule has 1 unspecified atom stereocenters. The van der Waals surface area contributed by atoms with Crippen LogP contribution in [-0.2, 0) is 9.47 Å². The van der Waals surface area contributed by atoms with Gasteiger partial charge in [-0.15, -0.1) is 0 Å². The first-order valence-corrected chi connectivity index (χ1v) is 3.77. The van der Waals surface area contributed by atoms with E-state index in [4.69, 9.17) is 14.6 Å². The van der Waals surface area contributed by atoms with Crippen LogP contribution in [0.3, 0.4) is 0 Å². The number of aliphatic hydroxyl groups excluding tert-OH is 1. The van der Waals surface area contributed by atoms with Crippen molar-refractivity contribution in [3.63, 3.8) is 0 Å². The van der Waals surface area contributed by atoms with Crippen molar-refractivity contribution in [2.24, 2.45) is 0 Å². The number of likely N-dealkylation sites (N-methyl/N-ethyl adjacent to an activating group) is 1. The molecule has 1 aliphatic rings. The molecule has 0 aromatic heterocycles. The molecule has 4 nitrogen and oxygen atoms in total. The van der Waals surface area contributed by atoms with E-state index in [1.54, 1.807) is 7.11 Å². The Balaban J connectivity index is 2.41. The number of rotatable bonds is 2. The molecule has 0 bridgehead atoms. The Hall–Kier alpha value is -0.160. The molecule has 11 heavy (non-hydrogen) atoms. The summed E-state index contributed by atoms with van der Waals surface area (Å²) in [5.74, 6) is 0. The van der Waals surface area contributed by atoms with Crippen molar-refractivity contribution in [1.29, 1.82) is 0 Å². The predicted molar refractivity (Wildman–Crippen MR) is 40.2 cm³/mol. The number of hydrogen-bond donors (Lipinski definition) is 2. The van der Waals surface area contributed by atoms with Crippen LogP contribution in [0.2, 0.25) is 0 Å². The third-order valence-electron chi connectivity index (χ3n) is 2.02. The molecule has 2 N–H and O–H groups in total. The maximum Gasteiger partial charge on any atom is 0.157 e. The quantitative estimate of drug-likeness (QED) is 0.564. The summed E-state index contributed by atoms with van der Waals surface area (Å²) in [5.41, 5.74) is 0. The van der Waals surface area contributed by atoms with Crippen LogP contribution in [0.15, 0.2) is 0 Å². The molecule has 1 aliphatic heterocycles. The lowest BCUT2D eigenvalue weighted by atomic mass is 10.1. The zero-order valence-electron chi connectivity index (χ0n) is 6.91. The van der Waals surface area contributed by atoms with Crippen LogP contribution in [0, 0.1) is 0 Å². The minimum Gasteiger partial charge on any atom is -0.380 e. The molecule has 4 heteroatoms. The number of aliphatic hydroxyl groups is 1. The van der Waals surface area contributed by atoms with Gasteiger partial charge in [-0.2, -0.15) is 0 Å². The van der Waals surface area contributed by atoms with Crippen LogP contribution >= 0.6 is 0 Å². The largest absolute Gasteiger partial charge is 0.380 e. The predicted octanol–water partition coefficient (Wildman–Crippen LogP) is -0.672. The Bertz CT molecular complexity index is 120. The zero-order valence-corrected chi connectivity index (χ0v) is 6.91. The van der Waals surface area contributed by atoms with E-state index in [0.29, 0.717) is 13.0 Å². The summed E-state index contributed by atoms with van der Waals surface area (Å²) < 4.78 is 10.2. The molecular weight excluding hydrogens is 146 g/mol. The molecule has 0 aromatic rings. The second kappa shape index (κ2) is 4.01. The van der Waals surface area contributed by atoms with Crippen LogP contribution < -0.4 is 5.32 Å². The van der Waals surface area contributed by atoms with Crippen LogP contribution in [0.4, 0.5) is 0 Å². The van der Waals surface area contributed by atoms with Gasteiger partial charge in [-0.3, -0.25) is 0 Å². The Morgan fingerprint density at radius 1 is 1.64 bits per heavy atom. The second-order valence-electron chi connectivity index (χ2n) is 2.69. The lowest BCUT2D eigenvalue weighted by Crippen LogP contribution is -2.49. The maximum absolute atomic E-state index is 9.09. The van der Waals surface area contributed by atoms with Gasteiger partial charge >= 0.3 is 0 Å². The third kappa shape index (κ3) is 2.13. The van der Waals surface area contributed by atoms with Gasteiger partial charge in [0.2, 0.25) is 0 Å². The summed E-state index contributed by atoms with van der Waals surface area (Å²) in [6.45, 7) is 0.510. The molecule has 0 aromatic carbocycles. The molecule has 0 amide bonds. The SMILES string of the molecule is CNC1CO[C@H](O)C[C@@H]1OC. The van der Waals surface area contributed by atoms with E-state index in [2.05, 4.69) is 5.32 Å². The highest BCUT2D eigenvalue weighted by Crippen LogP contribution is 2.14. The van der Waals surface area contributed by atoms with Crippen LogP contribution in [-0.4, -0.2) is 44.3 Å². The molecule has 3 atom stereocenters. The van der Waals surface area contributed by atoms with Gasteiger partial charge in [0.15, 0.2) is 6.29 Å². The highest BCUT2D eigenvalue weighted by Gasteiger charge is 2.28. The van der Waals surface area contributed by atoms with E-state index in [0.717, 1.165) is 0 Å². The molecule has 1 heterocycles. The van der Waals surface area contributed by atoms with Crippen molar-refractivity contribution in [2.45, 2.75) is 24.9 Å². The first-order chi connectivity index (χ1) is 5.27. The van der Waals surface area contributed by atoms with E-state index in [1.807, 2.05) is 7.05 Å². The molecular formula is C7H15NO3. The van der Waals surface area contributed by atoms with E-state index in [9.17, 15) is 0 Å². The zero-order chi connectivity index (χ0) is 8.27. The van der Waals surface area contributed by atoms with Crippen LogP contribution in [0.1, 0.15) is 6.42 Å². The van der Waals surface area contributed by atoms with E-state index < -0.39 is 6.29 Å². The standard InChI is InChI=1S/C7H15NO3/c1-8-5-4-11-7(9)3-6(5)10-2/h5-9H,3-4H2,1-2H3/t5?,6-,7-/m0/s1. The fraction of sp³-hybridized carbons (Fsp3) is 1.00. The molecule has 0 saturated carbocycles. The normalized spacial score (nSPS) is 39.0. The van der Waals surface area contributed by atoms with Crippen molar-refractivity contribution in [2.75, 3.05) is 20.8 Å². The van der Waals surface area contributed by atoms with Gasteiger partial charge in [-0.05, 0) is 7.05 Å². The lowest BCUT2D eigenvalue weighted by Gasteiger charge is -2.32. The molecule has 0 radical (unpaired) electrons. The van der Waals surface area contributed by atoms with Gasteiger partial charge in [-0.1, -0.05) is 0 Å². The van der Waals surface area contributed by atoms with Gasteiger partial charge in [0.05, 0.1) is 18.8 Å². The van der Waals surface area contributed by atoms with Crippen molar-refractivity contribution in [3.05, 3.63) is 0 Å². The fourth-order valence-corrected chi connectivity index (χ4v) is 1.28. The average molecular weight is 161 g/mol. The Labute approximate surface area is 66.5 Å². The molecule has 1 saturated heterocycles. The van der Waals surface area contributed by atoms with Crippen LogP contribution in [0.5, 0.6) is 0 Å². The molecule has 66 valence electrons. The van der Waals surface area contributed by atoms with Crippen LogP contribution in [0.25, 0.3) is 0 Å². The lowest BCUT2D eigenvalue weighted by molar-refractivity contribution is -0.169. The summed E-state index contributed by atoms with van der Waals surface area (Å²) in [4.78, 5) is 0. The van der Waals surface area contributed by atoms with Crippen molar-refractivity contribution in [3.8, 4) is 0 Å². The summed E-state index contributed by atoms with van der Waals surface area (Å²) in [6, 6.07) is 0.198. The number of nitrogens with one attached hydrogen (secondary N) is 1. The first kappa shape index (κ1) is 8.93. The van der Waals surface area contributed by atoms with E-state index in [-0.39, 0.29) is 12.1 Å². The number of methoxy groups -OCH3 is 1. The van der Waals surface area contributed by atoms with Gasteiger partial charge in [0, 0.05) is 13.5 Å². The third-order valence-corrected chi connectivity index (χ3v) is 2.02. The highest BCUT2D eigenvalue weighted by atomic mass is 16.6. The summed E-state index contributed by atoms with van der Waals surface area (Å²) >= 11 is 0. The fourth-order valence-electron chi connectivity index (χ4n) is 1.28. The second-order valence-corrected chi connectivity index (χ2v) is 2.69. The number of hydrogen-bond acceptors (Lipinski definition) is 4. The van der Waals surface area contributed by atoms with Gasteiger partial charge in [-0.25, -0.2) is 0 Å². The van der Waals surface area contributed by atoms with Crippen molar-refractivity contribution < 1.29 is 14.6 Å². The number of ether oxygens (including phenoxy) is 2. The Morgan fingerprint density at radius 2 is 2.36 bits per heavy atom.